The number of fused-ring (bicyclic) bond motifs is 3. The molecular weight excluding hydrogens is 509 g/mol. The molecule has 0 atom stereocenters. The highest BCUT2D eigenvalue weighted by atomic mass is 19.1. The summed E-state index contributed by atoms with van der Waals surface area (Å²) in [5.74, 6) is 0.747. The molecule has 0 bridgehead atoms. The third-order valence-corrected chi connectivity index (χ3v) is 7.82. The van der Waals surface area contributed by atoms with Crippen molar-refractivity contribution in [3.63, 3.8) is 0 Å². The zero-order chi connectivity index (χ0) is 27.2. The van der Waals surface area contributed by atoms with E-state index in [0.717, 1.165) is 57.9 Å². The number of para-hydroxylation sites is 2. The predicted molar refractivity (Wildman–Crippen MR) is 151 cm³/mol. The number of rotatable bonds is 4. The number of allylic oxidation sites excluding steroid dienone is 1. The maximum Gasteiger partial charge on any atom is 0.439 e. The van der Waals surface area contributed by atoms with E-state index < -0.39 is 5.76 Å². The lowest BCUT2D eigenvalue weighted by molar-refractivity contribution is 0.305. The molecule has 5 aromatic rings. The minimum atomic E-state index is -0.633. The summed E-state index contributed by atoms with van der Waals surface area (Å²) in [6.07, 6.45) is 3.60. The summed E-state index contributed by atoms with van der Waals surface area (Å²) < 4.78 is 27.4. The van der Waals surface area contributed by atoms with Crippen molar-refractivity contribution in [2.75, 3.05) is 18.0 Å². The molecule has 7 rings (SSSR count). The molecule has 0 radical (unpaired) electrons. The van der Waals surface area contributed by atoms with Crippen molar-refractivity contribution in [1.82, 2.24) is 19.7 Å². The third kappa shape index (κ3) is 4.27. The molecule has 9 heteroatoms. The molecule has 2 aliphatic heterocycles. The summed E-state index contributed by atoms with van der Waals surface area (Å²) in [4.78, 5) is 21.8. The van der Waals surface area contributed by atoms with Crippen LogP contribution in [-0.4, -0.2) is 32.8 Å². The highest BCUT2D eigenvalue weighted by molar-refractivity contribution is 5.99. The van der Waals surface area contributed by atoms with Crippen molar-refractivity contribution in [2.24, 2.45) is 0 Å². The first-order valence-corrected chi connectivity index (χ1v) is 13.6. The summed E-state index contributed by atoms with van der Waals surface area (Å²) >= 11 is 0. The first-order valence-electron chi connectivity index (χ1n) is 13.6. The van der Waals surface area contributed by atoms with Gasteiger partial charge in [-0.25, -0.2) is 14.2 Å². The van der Waals surface area contributed by atoms with Crippen molar-refractivity contribution in [3.8, 4) is 5.75 Å². The van der Waals surface area contributed by atoms with Crippen LogP contribution in [0.15, 0.2) is 70.0 Å². The van der Waals surface area contributed by atoms with Gasteiger partial charge >= 0.3 is 5.76 Å². The predicted octanol–water partition coefficient (Wildman–Crippen LogP) is 5.76. The summed E-state index contributed by atoms with van der Waals surface area (Å²) in [5.41, 5.74) is 7.31. The first-order chi connectivity index (χ1) is 19.5. The Labute approximate surface area is 229 Å². The van der Waals surface area contributed by atoms with Crippen LogP contribution in [0.3, 0.4) is 0 Å². The monoisotopic (exact) mass is 537 g/mol. The summed E-state index contributed by atoms with van der Waals surface area (Å²) in [6, 6.07) is 19.1. The molecule has 0 aliphatic carbocycles. The largest absolute Gasteiger partial charge is 0.488 e. The molecule has 4 heterocycles. The number of aromatic nitrogens is 4. The van der Waals surface area contributed by atoms with Gasteiger partial charge in [0.25, 0.3) is 0 Å². The quantitative estimate of drug-likeness (QED) is 0.314. The Bertz CT molecular complexity index is 1830. The number of halogens is 1. The van der Waals surface area contributed by atoms with Crippen LogP contribution in [0.25, 0.3) is 22.2 Å². The Balaban J connectivity index is 1.34. The van der Waals surface area contributed by atoms with E-state index in [1.54, 1.807) is 6.07 Å². The van der Waals surface area contributed by atoms with Crippen LogP contribution < -0.4 is 15.4 Å². The molecular formula is C31H28FN5O3. The second-order valence-electron chi connectivity index (χ2n) is 10.4. The van der Waals surface area contributed by atoms with E-state index in [1.807, 2.05) is 13.0 Å². The maximum absolute atomic E-state index is 14.2. The SMILES string of the molecule is CC(=C1c2ccc(Cn3c(N4CCCCC4)nc4ccccc43)cc2COc2cc(F)ccc21)c1noc(=O)[nH]1. The number of nitrogens with zero attached hydrogens (tertiary/aromatic N) is 4. The highest BCUT2D eigenvalue weighted by Crippen LogP contribution is 2.41. The zero-order valence-corrected chi connectivity index (χ0v) is 22.1. The van der Waals surface area contributed by atoms with Crippen LogP contribution in [-0.2, 0) is 13.2 Å². The number of benzene rings is 3. The number of anilines is 1. The van der Waals surface area contributed by atoms with Gasteiger partial charge < -0.3 is 14.2 Å². The molecule has 8 nitrogen and oxygen atoms in total. The van der Waals surface area contributed by atoms with E-state index in [0.29, 0.717) is 23.7 Å². The van der Waals surface area contributed by atoms with E-state index in [9.17, 15) is 9.18 Å². The minimum absolute atomic E-state index is 0.273. The Morgan fingerprint density at radius 1 is 1.02 bits per heavy atom. The van der Waals surface area contributed by atoms with Gasteiger partial charge in [0, 0.05) is 30.3 Å². The molecule has 0 saturated carbocycles. The van der Waals surface area contributed by atoms with Crippen molar-refractivity contribution < 1.29 is 13.7 Å². The molecule has 1 fully saturated rings. The smallest absolute Gasteiger partial charge is 0.439 e. The third-order valence-electron chi connectivity index (χ3n) is 7.82. The fourth-order valence-corrected chi connectivity index (χ4v) is 5.88. The van der Waals surface area contributed by atoms with E-state index in [-0.39, 0.29) is 12.4 Å². The van der Waals surface area contributed by atoms with Gasteiger partial charge in [-0.05, 0) is 78.8 Å². The van der Waals surface area contributed by atoms with Gasteiger partial charge in [-0.3, -0.25) is 9.51 Å². The van der Waals surface area contributed by atoms with Crippen LogP contribution in [0.4, 0.5) is 10.3 Å². The molecule has 202 valence electrons. The number of H-pyrrole nitrogens is 1. The lowest BCUT2D eigenvalue weighted by Gasteiger charge is -2.28. The van der Waals surface area contributed by atoms with Gasteiger partial charge in [-0.2, -0.15) is 0 Å². The van der Waals surface area contributed by atoms with Gasteiger partial charge in [0.05, 0.1) is 17.6 Å². The van der Waals surface area contributed by atoms with Crippen LogP contribution >= 0.6 is 0 Å². The van der Waals surface area contributed by atoms with Gasteiger partial charge in [-0.15, -0.1) is 0 Å². The van der Waals surface area contributed by atoms with Crippen molar-refractivity contribution in [3.05, 3.63) is 105 Å². The second-order valence-corrected chi connectivity index (χ2v) is 10.4. The Hall–Kier alpha value is -4.66. The summed E-state index contributed by atoms with van der Waals surface area (Å²) in [5, 5.41) is 3.90. The fraction of sp³-hybridized carbons (Fsp3) is 0.258. The van der Waals surface area contributed by atoms with Gasteiger partial charge in [0.15, 0.2) is 5.82 Å². The molecule has 2 aliphatic rings. The molecule has 40 heavy (non-hydrogen) atoms. The van der Waals surface area contributed by atoms with Crippen molar-refractivity contribution in [2.45, 2.75) is 39.3 Å². The second kappa shape index (κ2) is 9.82. The lowest BCUT2D eigenvalue weighted by atomic mass is 9.89. The summed E-state index contributed by atoms with van der Waals surface area (Å²) in [6.45, 7) is 4.80. The van der Waals surface area contributed by atoms with Crippen LogP contribution in [0.5, 0.6) is 5.75 Å². The standard InChI is InChI=1S/C31H28FN5O3/c1-19(29-34-31(38)40-35-29)28-23-11-9-20(15-21(23)18-39-27-16-22(32)10-12-24(27)28)17-37-26-8-4-3-7-25(26)33-30(37)36-13-5-2-6-14-36/h3-4,7-12,15-16H,2,5-6,13-14,17-18H2,1H3,(H,34,35,38). The Kier molecular flexibility index (Phi) is 5.99. The topological polar surface area (TPSA) is 89.2 Å². The zero-order valence-electron chi connectivity index (χ0n) is 22.1. The van der Waals surface area contributed by atoms with Crippen LogP contribution in [0.2, 0.25) is 0 Å². The van der Waals surface area contributed by atoms with E-state index in [4.69, 9.17) is 14.2 Å². The molecule has 0 unspecified atom stereocenters. The molecule has 0 spiro atoms. The summed E-state index contributed by atoms with van der Waals surface area (Å²) in [7, 11) is 0. The number of imidazole rings is 1. The number of piperidine rings is 1. The number of hydrogen-bond acceptors (Lipinski definition) is 6. The van der Waals surface area contributed by atoms with Gasteiger partial charge in [0.2, 0.25) is 5.95 Å². The normalized spacial score (nSPS) is 16.3. The van der Waals surface area contributed by atoms with E-state index >= 15 is 0 Å². The van der Waals surface area contributed by atoms with E-state index in [1.165, 1.54) is 31.4 Å². The molecule has 2 aromatic heterocycles. The Morgan fingerprint density at radius 3 is 2.67 bits per heavy atom. The Morgan fingerprint density at radius 2 is 1.85 bits per heavy atom. The first kappa shape index (κ1) is 24.4. The molecule has 0 amide bonds. The van der Waals surface area contributed by atoms with Crippen molar-refractivity contribution >= 4 is 28.1 Å². The average Bonchev–Trinajstić information content (AvgIpc) is 3.53. The number of nitrogens with one attached hydrogen (secondary N) is 1. The van der Waals surface area contributed by atoms with Crippen LogP contribution in [0.1, 0.15) is 54.3 Å². The van der Waals surface area contributed by atoms with E-state index in [2.05, 4.69) is 56.0 Å². The van der Waals surface area contributed by atoms with Gasteiger partial charge in [-0.1, -0.05) is 29.4 Å². The maximum atomic E-state index is 14.2. The fourth-order valence-electron chi connectivity index (χ4n) is 5.88. The number of ether oxygens (including phenoxy) is 1. The van der Waals surface area contributed by atoms with Crippen molar-refractivity contribution in [1.29, 1.82) is 0 Å². The molecule has 1 saturated heterocycles. The average molecular weight is 538 g/mol. The molecule has 3 aromatic carbocycles. The van der Waals surface area contributed by atoms with Crippen LogP contribution in [0, 0.1) is 5.82 Å². The highest BCUT2D eigenvalue weighted by Gasteiger charge is 2.25. The molecule has 1 N–H and O–H groups in total. The van der Waals surface area contributed by atoms with Gasteiger partial charge in [0.1, 0.15) is 18.2 Å². The number of aromatic amines is 1. The lowest BCUT2D eigenvalue weighted by Crippen LogP contribution is -2.32. The minimum Gasteiger partial charge on any atom is -0.488 e. The number of hydrogen-bond donors (Lipinski definition) is 1.